The van der Waals surface area contributed by atoms with Crippen LogP contribution in [0, 0.1) is 0 Å². The quantitative estimate of drug-likeness (QED) is 0.698. The molecule has 2 heterocycles. The molecule has 9 heteroatoms. The molecule has 1 unspecified atom stereocenters. The number of ether oxygens (including phenoxy) is 1. The largest absolute Gasteiger partial charge is 0.396 e. The molecule has 0 spiro atoms. The van der Waals surface area contributed by atoms with E-state index < -0.39 is 12.0 Å². The Morgan fingerprint density at radius 1 is 1.17 bits per heavy atom. The van der Waals surface area contributed by atoms with E-state index in [0.29, 0.717) is 36.1 Å². The summed E-state index contributed by atoms with van der Waals surface area (Å²) in [5, 5.41) is 9.79. The van der Waals surface area contributed by atoms with Crippen LogP contribution in [0.1, 0.15) is 25.3 Å². The Hall–Kier alpha value is -2.29. The number of aromatic nitrogens is 2. The minimum atomic E-state index is -0.507. The van der Waals surface area contributed by atoms with Gasteiger partial charge >= 0.3 is 5.69 Å². The number of anilines is 2. The Labute approximate surface area is 174 Å². The summed E-state index contributed by atoms with van der Waals surface area (Å²) >= 11 is 6.00. The number of fused-ring (bicyclic) bond motifs is 1. The molecule has 0 saturated heterocycles. The van der Waals surface area contributed by atoms with Crippen molar-refractivity contribution in [2.75, 3.05) is 30.1 Å². The smallest absolute Gasteiger partial charge is 0.332 e. The SMILES string of the molecule is CCCOC1N(C)c2c(c(=O)n(CCCO)c(=O)n2C)N1Cc1ccc(Cl)cc1. The molecule has 2 aromatic rings. The van der Waals surface area contributed by atoms with Gasteiger partial charge in [-0.15, -0.1) is 0 Å². The van der Waals surface area contributed by atoms with Gasteiger partial charge in [0.1, 0.15) is 11.5 Å². The van der Waals surface area contributed by atoms with Crippen LogP contribution in [0.2, 0.25) is 5.02 Å². The normalized spacial score (nSPS) is 15.8. The second-order valence-corrected chi connectivity index (χ2v) is 7.55. The number of aliphatic hydroxyl groups is 1. The highest BCUT2D eigenvalue weighted by molar-refractivity contribution is 6.30. The van der Waals surface area contributed by atoms with Crippen molar-refractivity contribution in [3.63, 3.8) is 0 Å². The third-order valence-corrected chi connectivity index (χ3v) is 5.24. The van der Waals surface area contributed by atoms with Gasteiger partial charge in [-0.2, -0.15) is 0 Å². The standard InChI is InChI=1S/C20H27ClN4O4/c1-4-12-29-20-23(3)17-16(25(20)13-14-6-8-15(21)9-7-14)18(27)24(10-5-11-26)19(28)22(17)2/h6-9,20,26H,4-5,10-13H2,1-3H3. The first-order valence-corrected chi connectivity index (χ1v) is 10.1. The lowest BCUT2D eigenvalue weighted by Gasteiger charge is -2.30. The Morgan fingerprint density at radius 3 is 2.48 bits per heavy atom. The van der Waals surface area contributed by atoms with Crippen LogP contribution in [0.25, 0.3) is 0 Å². The predicted octanol–water partition coefficient (Wildman–Crippen LogP) is 1.75. The van der Waals surface area contributed by atoms with Gasteiger partial charge in [0.25, 0.3) is 5.56 Å². The topological polar surface area (TPSA) is 79.9 Å². The summed E-state index contributed by atoms with van der Waals surface area (Å²) in [6.07, 6.45) is 0.652. The number of hydrogen-bond donors (Lipinski definition) is 1. The molecule has 1 aliphatic heterocycles. The Balaban J connectivity index is 2.12. The predicted molar refractivity (Wildman–Crippen MR) is 114 cm³/mol. The van der Waals surface area contributed by atoms with Crippen molar-refractivity contribution in [2.45, 2.75) is 39.2 Å². The van der Waals surface area contributed by atoms with Crippen LogP contribution in [0.15, 0.2) is 33.9 Å². The van der Waals surface area contributed by atoms with Crippen LogP contribution in [0.4, 0.5) is 11.5 Å². The zero-order valence-electron chi connectivity index (χ0n) is 17.0. The molecule has 1 aromatic heterocycles. The number of benzene rings is 1. The summed E-state index contributed by atoms with van der Waals surface area (Å²) in [6.45, 7) is 3.03. The molecule has 8 nitrogen and oxygen atoms in total. The minimum Gasteiger partial charge on any atom is -0.396 e. The monoisotopic (exact) mass is 422 g/mol. The fourth-order valence-electron chi connectivity index (χ4n) is 3.61. The van der Waals surface area contributed by atoms with Gasteiger partial charge in [0, 0.05) is 38.8 Å². The van der Waals surface area contributed by atoms with Crippen molar-refractivity contribution in [1.29, 1.82) is 0 Å². The van der Waals surface area contributed by atoms with Crippen molar-refractivity contribution in [3.05, 3.63) is 55.7 Å². The average Bonchev–Trinajstić information content (AvgIpc) is 2.98. The van der Waals surface area contributed by atoms with Gasteiger partial charge in [0.15, 0.2) is 0 Å². The van der Waals surface area contributed by atoms with E-state index in [1.807, 2.05) is 35.9 Å². The fraction of sp³-hybridized carbons (Fsp3) is 0.500. The molecule has 3 rings (SSSR count). The first kappa shape index (κ1) is 21.4. The van der Waals surface area contributed by atoms with Gasteiger partial charge in [0.05, 0.1) is 6.61 Å². The van der Waals surface area contributed by atoms with Crippen molar-refractivity contribution < 1.29 is 9.84 Å². The average molecular weight is 423 g/mol. The van der Waals surface area contributed by atoms with Gasteiger partial charge in [0.2, 0.25) is 6.35 Å². The van der Waals surface area contributed by atoms with Crippen LogP contribution in [0.5, 0.6) is 0 Å². The molecule has 158 valence electrons. The van der Waals surface area contributed by atoms with E-state index in [0.717, 1.165) is 12.0 Å². The first-order valence-electron chi connectivity index (χ1n) is 9.70. The number of halogens is 1. The lowest BCUT2D eigenvalue weighted by Crippen LogP contribution is -2.44. The second-order valence-electron chi connectivity index (χ2n) is 7.11. The molecule has 0 radical (unpaired) electrons. The number of nitrogens with zero attached hydrogens (tertiary/aromatic N) is 4. The highest BCUT2D eigenvalue weighted by Crippen LogP contribution is 2.36. The highest BCUT2D eigenvalue weighted by Gasteiger charge is 2.39. The molecule has 0 amide bonds. The van der Waals surface area contributed by atoms with Crippen LogP contribution in [-0.2, 0) is 24.9 Å². The summed E-state index contributed by atoms with van der Waals surface area (Å²) in [4.78, 5) is 29.7. The molecule has 29 heavy (non-hydrogen) atoms. The van der Waals surface area contributed by atoms with E-state index in [4.69, 9.17) is 21.4 Å². The van der Waals surface area contributed by atoms with Gasteiger partial charge in [-0.3, -0.25) is 13.9 Å². The summed E-state index contributed by atoms with van der Waals surface area (Å²) in [5.41, 5.74) is 0.607. The highest BCUT2D eigenvalue weighted by atomic mass is 35.5. The second kappa shape index (κ2) is 9.02. The van der Waals surface area contributed by atoms with Crippen molar-refractivity contribution in [2.24, 2.45) is 7.05 Å². The molecular weight excluding hydrogens is 396 g/mol. The molecule has 1 aromatic carbocycles. The van der Waals surface area contributed by atoms with E-state index in [-0.39, 0.29) is 18.7 Å². The molecule has 0 aliphatic carbocycles. The molecule has 0 fully saturated rings. The van der Waals surface area contributed by atoms with E-state index in [9.17, 15) is 9.59 Å². The van der Waals surface area contributed by atoms with Gasteiger partial charge in [-0.1, -0.05) is 30.7 Å². The van der Waals surface area contributed by atoms with Crippen LogP contribution in [0.3, 0.4) is 0 Å². The maximum atomic E-state index is 13.3. The zero-order valence-corrected chi connectivity index (χ0v) is 17.7. The third kappa shape index (κ3) is 4.05. The fourth-order valence-corrected chi connectivity index (χ4v) is 3.74. The summed E-state index contributed by atoms with van der Waals surface area (Å²) in [5.74, 6) is 0.523. The Kier molecular flexibility index (Phi) is 6.66. The molecule has 1 aliphatic rings. The third-order valence-electron chi connectivity index (χ3n) is 4.99. The number of aliphatic hydroxyl groups excluding tert-OH is 1. The molecular formula is C20H27ClN4O4. The van der Waals surface area contributed by atoms with E-state index >= 15 is 0 Å². The van der Waals surface area contributed by atoms with Crippen molar-refractivity contribution in [3.8, 4) is 0 Å². The van der Waals surface area contributed by atoms with Gasteiger partial charge in [-0.05, 0) is 30.5 Å². The zero-order chi connectivity index (χ0) is 21.1. The Morgan fingerprint density at radius 2 is 1.86 bits per heavy atom. The molecule has 1 atom stereocenters. The number of rotatable bonds is 8. The van der Waals surface area contributed by atoms with E-state index in [1.165, 1.54) is 9.13 Å². The van der Waals surface area contributed by atoms with Crippen molar-refractivity contribution >= 4 is 23.1 Å². The number of hydrogen-bond acceptors (Lipinski definition) is 6. The summed E-state index contributed by atoms with van der Waals surface area (Å²) in [6, 6.07) is 7.42. The lowest BCUT2D eigenvalue weighted by molar-refractivity contribution is 0.0555. The van der Waals surface area contributed by atoms with E-state index in [1.54, 1.807) is 19.2 Å². The Bertz CT molecular complexity index is 970. The maximum absolute atomic E-state index is 13.3. The van der Waals surface area contributed by atoms with Crippen LogP contribution >= 0.6 is 11.6 Å². The van der Waals surface area contributed by atoms with Crippen LogP contribution in [-0.4, -0.2) is 40.9 Å². The van der Waals surface area contributed by atoms with Crippen LogP contribution < -0.4 is 21.0 Å². The molecule has 1 N–H and O–H groups in total. The lowest BCUT2D eigenvalue weighted by atomic mass is 10.2. The van der Waals surface area contributed by atoms with Gasteiger partial charge in [-0.25, -0.2) is 4.79 Å². The van der Waals surface area contributed by atoms with Crippen molar-refractivity contribution in [1.82, 2.24) is 9.13 Å². The summed E-state index contributed by atoms with van der Waals surface area (Å²) in [7, 11) is 3.47. The molecule has 0 saturated carbocycles. The first-order chi connectivity index (χ1) is 13.9. The summed E-state index contributed by atoms with van der Waals surface area (Å²) < 4.78 is 8.70. The molecule has 0 bridgehead atoms. The van der Waals surface area contributed by atoms with E-state index in [2.05, 4.69) is 0 Å². The minimum absolute atomic E-state index is 0.0939. The van der Waals surface area contributed by atoms with Gasteiger partial charge < -0.3 is 19.6 Å². The maximum Gasteiger partial charge on any atom is 0.332 e.